The van der Waals surface area contributed by atoms with Gasteiger partial charge in [0.05, 0.1) is 19.1 Å². The Bertz CT molecular complexity index is 1450. The van der Waals surface area contributed by atoms with Crippen LogP contribution in [0.4, 0.5) is 10.1 Å². The number of benzene rings is 3. The second-order valence-electron chi connectivity index (χ2n) is 7.76. The van der Waals surface area contributed by atoms with Gasteiger partial charge >= 0.3 is 0 Å². The zero-order valence-electron chi connectivity index (χ0n) is 19.2. The summed E-state index contributed by atoms with van der Waals surface area (Å²) in [6.45, 7) is 0. The Balaban J connectivity index is 1.30. The summed E-state index contributed by atoms with van der Waals surface area (Å²) in [4.78, 5) is 12.6. The molecule has 0 aliphatic carbocycles. The van der Waals surface area contributed by atoms with Gasteiger partial charge in [0.25, 0.3) is 5.91 Å². The van der Waals surface area contributed by atoms with Crippen molar-refractivity contribution in [3.05, 3.63) is 108 Å². The fourth-order valence-corrected chi connectivity index (χ4v) is 4.44. The van der Waals surface area contributed by atoms with Crippen LogP contribution in [0.15, 0.2) is 101 Å². The second-order valence-corrected chi connectivity index (χ2v) is 8.71. The summed E-state index contributed by atoms with van der Waals surface area (Å²) in [6.07, 6.45) is 1.57. The lowest BCUT2D eigenvalue weighted by molar-refractivity contribution is 0.102. The highest BCUT2D eigenvalue weighted by atomic mass is 32.2. The van der Waals surface area contributed by atoms with Crippen molar-refractivity contribution in [3.63, 3.8) is 0 Å². The fraction of sp³-hybridized carbons (Fsp3) is 0.0741. The van der Waals surface area contributed by atoms with Crippen LogP contribution in [0.3, 0.4) is 0 Å². The van der Waals surface area contributed by atoms with Gasteiger partial charge in [-0.15, -0.1) is 10.2 Å². The zero-order valence-corrected chi connectivity index (χ0v) is 20.0. The largest absolute Gasteiger partial charge is 0.497 e. The number of thioether (sulfide) groups is 1. The van der Waals surface area contributed by atoms with E-state index in [1.807, 2.05) is 16.7 Å². The van der Waals surface area contributed by atoms with Crippen molar-refractivity contribution in [2.45, 2.75) is 10.9 Å². The number of hydrogen-bond acceptors (Lipinski definition) is 6. The minimum absolute atomic E-state index is 0.196. The predicted octanol–water partition coefficient (Wildman–Crippen LogP) is 6.22. The Hall–Kier alpha value is -4.37. The van der Waals surface area contributed by atoms with Crippen LogP contribution in [0.25, 0.3) is 17.3 Å². The lowest BCUT2D eigenvalue weighted by atomic mass is 10.1. The first kappa shape index (κ1) is 23.4. The number of carbonyl (C=O) groups excluding carboxylic acids is 1. The van der Waals surface area contributed by atoms with Gasteiger partial charge < -0.3 is 14.5 Å². The predicted molar refractivity (Wildman–Crippen MR) is 136 cm³/mol. The van der Waals surface area contributed by atoms with E-state index in [4.69, 9.17) is 9.15 Å². The van der Waals surface area contributed by atoms with Crippen molar-refractivity contribution in [1.82, 2.24) is 14.8 Å². The number of furan rings is 1. The number of carbonyl (C=O) groups is 1. The molecule has 0 saturated carbocycles. The van der Waals surface area contributed by atoms with Crippen LogP contribution in [0, 0.1) is 5.82 Å². The highest BCUT2D eigenvalue weighted by Gasteiger charge is 2.18. The van der Waals surface area contributed by atoms with Gasteiger partial charge in [-0.05, 0) is 78.4 Å². The molecule has 0 radical (unpaired) electrons. The van der Waals surface area contributed by atoms with Gasteiger partial charge in [-0.25, -0.2) is 4.39 Å². The average molecular weight is 501 g/mol. The summed E-state index contributed by atoms with van der Waals surface area (Å²) in [5.74, 6) is 1.89. The fourth-order valence-electron chi connectivity index (χ4n) is 3.53. The van der Waals surface area contributed by atoms with Crippen molar-refractivity contribution in [2.24, 2.45) is 0 Å². The van der Waals surface area contributed by atoms with Crippen molar-refractivity contribution in [2.75, 3.05) is 12.4 Å². The van der Waals surface area contributed by atoms with Crippen LogP contribution < -0.4 is 10.1 Å². The van der Waals surface area contributed by atoms with E-state index in [2.05, 4.69) is 15.5 Å². The molecule has 0 atom stereocenters. The zero-order chi connectivity index (χ0) is 24.9. The molecule has 2 aromatic heterocycles. The lowest BCUT2D eigenvalue weighted by Crippen LogP contribution is -2.11. The number of anilines is 1. The van der Waals surface area contributed by atoms with E-state index >= 15 is 0 Å². The molecule has 5 aromatic rings. The van der Waals surface area contributed by atoms with E-state index in [1.54, 1.807) is 74.0 Å². The molecule has 0 aliphatic heterocycles. The first-order valence-electron chi connectivity index (χ1n) is 11.0. The van der Waals surface area contributed by atoms with E-state index in [0.29, 0.717) is 33.7 Å². The Kier molecular flexibility index (Phi) is 6.81. The number of nitrogens with one attached hydrogen (secondary N) is 1. The number of aromatic nitrogens is 3. The normalized spacial score (nSPS) is 10.8. The van der Waals surface area contributed by atoms with Crippen molar-refractivity contribution in [3.8, 4) is 23.0 Å². The van der Waals surface area contributed by atoms with Crippen LogP contribution in [-0.2, 0) is 5.75 Å². The van der Waals surface area contributed by atoms with Crippen LogP contribution in [0.5, 0.6) is 5.75 Å². The van der Waals surface area contributed by atoms with Gasteiger partial charge in [0, 0.05) is 17.0 Å². The monoisotopic (exact) mass is 500 g/mol. The maximum Gasteiger partial charge on any atom is 0.255 e. The SMILES string of the molecule is COc1ccc(NC(=O)c2ccc(CSc3nnc(-c4ccco4)n3-c3ccc(F)cc3)cc2)cc1. The smallest absolute Gasteiger partial charge is 0.255 e. The highest BCUT2D eigenvalue weighted by molar-refractivity contribution is 7.98. The minimum atomic E-state index is -0.323. The highest BCUT2D eigenvalue weighted by Crippen LogP contribution is 2.30. The van der Waals surface area contributed by atoms with Gasteiger partial charge in [0.15, 0.2) is 10.9 Å². The summed E-state index contributed by atoms with van der Waals surface area (Å²) in [6, 6.07) is 24.2. The average Bonchev–Trinajstić information content (AvgIpc) is 3.59. The molecule has 0 unspecified atom stereocenters. The maximum atomic E-state index is 13.5. The van der Waals surface area contributed by atoms with Crippen molar-refractivity contribution in [1.29, 1.82) is 0 Å². The summed E-state index contributed by atoms with van der Waals surface area (Å²) >= 11 is 1.48. The minimum Gasteiger partial charge on any atom is -0.497 e. The van der Waals surface area contributed by atoms with Crippen LogP contribution in [0.2, 0.25) is 0 Å². The quantitative estimate of drug-likeness (QED) is 0.255. The first-order chi connectivity index (χ1) is 17.6. The van der Waals surface area contributed by atoms with E-state index in [1.165, 1.54) is 23.9 Å². The molecule has 1 N–H and O–H groups in total. The van der Waals surface area contributed by atoms with E-state index in [-0.39, 0.29) is 11.7 Å². The molecule has 0 fully saturated rings. The molecule has 9 heteroatoms. The van der Waals surface area contributed by atoms with Gasteiger partial charge in [-0.1, -0.05) is 23.9 Å². The topological polar surface area (TPSA) is 82.2 Å². The van der Waals surface area contributed by atoms with Crippen LogP contribution in [-0.4, -0.2) is 27.8 Å². The maximum absolute atomic E-state index is 13.5. The Labute approximate surface area is 210 Å². The molecule has 1 amide bonds. The molecule has 180 valence electrons. The Morgan fingerprint density at radius 1 is 1.00 bits per heavy atom. The molecule has 0 bridgehead atoms. The number of nitrogens with zero attached hydrogens (tertiary/aromatic N) is 3. The first-order valence-corrected chi connectivity index (χ1v) is 12.0. The third-order valence-corrected chi connectivity index (χ3v) is 6.39. The number of methoxy groups -OCH3 is 1. The number of halogens is 1. The molecular formula is C27H21FN4O3S. The summed E-state index contributed by atoms with van der Waals surface area (Å²) in [5.41, 5.74) is 2.97. The number of hydrogen-bond donors (Lipinski definition) is 1. The summed E-state index contributed by atoms with van der Waals surface area (Å²) in [5, 5.41) is 12.2. The van der Waals surface area contributed by atoms with Crippen molar-refractivity contribution < 1.29 is 18.3 Å². The van der Waals surface area contributed by atoms with E-state index < -0.39 is 0 Å². The molecule has 3 aromatic carbocycles. The van der Waals surface area contributed by atoms with E-state index in [9.17, 15) is 9.18 Å². The number of ether oxygens (including phenoxy) is 1. The third-order valence-electron chi connectivity index (χ3n) is 5.39. The van der Waals surface area contributed by atoms with Gasteiger partial charge in [0.2, 0.25) is 5.82 Å². The Morgan fingerprint density at radius 2 is 1.75 bits per heavy atom. The third kappa shape index (κ3) is 5.16. The van der Waals surface area contributed by atoms with Gasteiger partial charge in [-0.2, -0.15) is 0 Å². The number of amides is 1. The standard InChI is InChI=1S/C27H21FN4O3S/c1-34-23-14-10-21(11-15-23)29-26(33)19-6-4-18(5-7-19)17-36-27-31-30-25(24-3-2-16-35-24)32(27)22-12-8-20(28)9-13-22/h2-16H,17H2,1H3,(H,29,33). The van der Waals surface area contributed by atoms with Gasteiger partial charge in [0.1, 0.15) is 11.6 Å². The molecule has 0 spiro atoms. The van der Waals surface area contributed by atoms with E-state index in [0.717, 1.165) is 17.0 Å². The van der Waals surface area contributed by atoms with Crippen LogP contribution >= 0.6 is 11.8 Å². The Morgan fingerprint density at radius 3 is 2.42 bits per heavy atom. The van der Waals surface area contributed by atoms with Crippen LogP contribution in [0.1, 0.15) is 15.9 Å². The molecular weight excluding hydrogens is 479 g/mol. The molecule has 5 rings (SSSR count). The lowest BCUT2D eigenvalue weighted by Gasteiger charge is -2.10. The summed E-state index contributed by atoms with van der Waals surface area (Å²) < 4.78 is 26.0. The molecule has 36 heavy (non-hydrogen) atoms. The van der Waals surface area contributed by atoms with Gasteiger partial charge in [-0.3, -0.25) is 9.36 Å². The second kappa shape index (κ2) is 10.5. The molecule has 0 aliphatic rings. The summed E-state index contributed by atoms with van der Waals surface area (Å²) in [7, 11) is 1.60. The molecule has 0 saturated heterocycles. The molecule has 7 nitrogen and oxygen atoms in total. The molecule has 2 heterocycles. The van der Waals surface area contributed by atoms with Crippen molar-refractivity contribution >= 4 is 23.4 Å². The number of rotatable bonds is 8.